The molecule has 0 fully saturated rings. The van der Waals surface area contributed by atoms with Gasteiger partial charge in [0.2, 0.25) is 0 Å². The molecule has 1 rings (SSSR count). The van der Waals surface area contributed by atoms with Crippen molar-refractivity contribution in [2.24, 2.45) is 0 Å². The molecule has 0 saturated heterocycles. The number of methoxy groups -OCH3 is 1. The smallest absolute Gasteiger partial charge is 0.333 e. The van der Waals surface area contributed by atoms with Crippen LogP contribution in [0, 0.1) is 0 Å². The minimum atomic E-state index is -0.461. The number of esters is 3. The van der Waals surface area contributed by atoms with E-state index in [1.165, 1.54) is 13.2 Å². The molecule has 1 N–H and O–H groups in total. The van der Waals surface area contributed by atoms with Gasteiger partial charge in [0.15, 0.2) is 0 Å². The van der Waals surface area contributed by atoms with Crippen LogP contribution in [0.4, 0.5) is 0 Å². The summed E-state index contributed by atoms with van der Waals surface area (Å²) in [7, 11) is 1.33. The molecule has 1 aromatic carbocycles. The monoisotopic (exact) mass is 460 g/mol. The topological polar surface area (TPSA) is 99.1 Å². The molecule has 0 heterocycles. The highest BCUT2D eigenvalue weighted by molar-refractivity contribution is 5.88. The van der Waals surface area contributed by atoms with E-state index in [0.29, 0.717) is 24.2 Å². The predicted octanol–water partition coefficient (Wildman–Crippen LogP) is 4.43. The molecule has 0 aliphatic carbocycles. The number of aliphatic hydroxyl groups excluding tert-OH is 1. The van der Waals surface area contributed by atoms with Crippen molar-refractivity contribution in [3.05, 3.63) is 78.9 Å². The van der Waals surface area contributed by atoms with Gasteiger partial charge >= 0.3 is 17.9 Å². The fraction of sp³-hybridized carbons (Fsp3) is 0.346. The van der Waals surface area contributed by atoms with Gasteiger partial charge < -0.3 is 19.3 Å². The van der Waals surface area contributed by atoms with Crippen molar-refractivity contribution in [3.63, 3.8) is 0 Å². The molecular weight excluding hydrogens is 424 g/mol. The summed E-state index contributed by atoms with van der Waals surface area (Å²) in [4.78, 5) is 31.8. The lowest BCUT2D eigenvalue weighted by Gasteiger charge is -2.02. The van der Waals surface area contributed by atoms with E-state index in [-0.39, 0.29) is 25.2 Å². The average molecular weight is 461 g/mol. The van der Waals surface area contributed by atoms with Crippen LogP contribution in [-0.2, 0) is 28.6 Å². The largest absolute Gasteiger partial charge is 0.466 e. The first-order valence-corrected chi connectivity index (χ1v) is 10.4. The van der Waals surface area contributed by atoms with Gasteiger partial charge in [-0.25, -0.2) is 14.4 Å². The van der Waals surface area contributed by atoms with E-state index < -0.39 is 5.97 Å². The molecule has 0 spiro atoms. The quantitative estimate of drug-likeness (QED) is 0.226. The number of hydrogen-bond acceptors (Lipinski definition) is 7. The van der Waals surface area contributed by atoms with Crippen LogP contribution in [-0.4, -0.2) is 49.9 Å². The first kappa shape index (κ1) is 31.7. The summed E-state index contributed by atoms with van der Waals surface area (Å²) < 4.78 is 13.7. The molecule has 0 aliphatic rings. The van der Waals surface area contributed by atoms with E-state index in [1.807, 2.05) is 49.4 Å². The van der Waals surface area contributed by atoms with Gasteiger partial charge in [-0.1, -0.05) is 75.6 Å². The van der Waals surface area contributed by atoms with Crippen LogP contribution in [0.3, 0.4) is 0 Å². The molecule has 182 valence electrons. The molecule has 0 amide bonds. The van der Waals surface area contributed by atoms with Crippen molar-refractivity contribution in [1.29, 1.82) is 0 Å². The Morgan fingerprint density at radius 1 is 1.03 bits per heavy atom. The summed E-state index contributed by atoms with van der Waals surface area (Å²) in [5.74, 6) is -1.14. The van der Waals surface area contributed by atoms with Crippen LogP contribution >= 0.6 is 0 Å². The lowest BCUT2D eigenvalue weighted by molar-refractivity contribution is -0.140. The Kier molecular flexibility index (Phi) is 20.9. The maximum atomic E-state index is 11.3. The fourth-order valence-electron chi connectivity index (χ4n) is 1.78. The number of benzene rings is 1. The summed E-state index contributed by atoms with van der Waals surface area (Å²) in [6.07, 6.45) is 7.38. The molecule has 0 aliphatic heterocycles. The normalized spacial score (nSPS) is 9.33. The SMILES string of the molecule is C=C(C)C(=O)OC.C=C(CC=Cc1ccccc1)C(=O)OCCO.C=CC(=O)OCCCC. The van der Waals surface area contributed by atoms with E-state index in [4.69, 9.17) is 9.84 Å². The first-order valence-electron chi connectivity index (χ1n) is 10.4. The second-order valence-corrected chi connectivity index (χ2v) is 6.48. The Morgan fingerprint density at radius 2 is 1.67 bits per heavy atom. The Labute approximate surface area is 197 Å². The van der Waals surface area contributed by atoms with Crippen LogP contribution in [0.2, 0.25) is 0 Å². The maximum Gasteiger partial charge on any atom is 0.333 e. The number of allylic oxidation sites excluding steroid dienone is 1. The Balaban J connectivity index is 0. The summed E-state index contributed by atoms with van der Waals surface area (Å²) >= 11 is 0. The van der Waals surface area contributed by atoms with Gasteiger partial charge in [-0.15, -0.1) is 0 Å². The molecule has 0 bridgehead atoms. The lowest BCUT2D eigenvalue weighted by atomic mass is 10.1. The number of rotatable bonds is 11. The molecule has 0 atom stereocenters. The van der Waals surface area contributed by atoms with Gasteiger partial charge in [-0.3, -0.25) is 0 Å². The molecule has 0 unspecified atom stereocenters. The number of hydrogen-bond donors (Lipinski definition) is 1. The molecular formula is C26H36O7. The van der Waals surface area contributed by atoms with E-state index in [0.717, 1.165) is 18.4 Å². The van der Waals surface area contributed by atoms with Crippen molar-refractivity contribution in [2.75, 3.05) is 26.9 Å². The highest BCUT2D eigenvalue weighted by Crippen LogP contribution is 2.06. The Morgan fingerprint density at radius 3 is 2.12 bits per heavy atom. The van der Waals surface area contributed by atoms with Gasteiger partial charge in [0.25, 0.3) is 0 Å². The van der Waals surface area contributed by atoms with Gasteiger partial charge in [-0.2, -0.15) is 0 Å². The van der Waals surface area contributed by atoms with E-state index in [9.17, 15) is 14.4 Å². The van der Waals surface area contributed by atoms with Crippen LogP contribution < -0.4 is 0 Å². The summed E-state index contributed by atoms with van der Waals surface area (Å²) in [5, 5.41) is 8.50. The third-order valence-corrected chi connectivity index (χ3v) is 3.53. The molecule has 7 heteroatoms. The zero-order valence-electron chi connectivity index (χ0n) is 19.9. The van der Waals surface area contributed by atoms with Crippen LogP contribution in [0.1, 0.15) is 38.7 Å². The van der Waals surface area contributed by atoms with Gasteiger partial charge in [0.1, 0.15) is 6.61 Å². The number of aliphatic hydroxyl groups is 1. The Hall–Kier alpha value is -3.45. The molecule has 0 aromatic heterocycles. The zero-order chi connectivity index (χ0) is 25.5. The minimum Gasteiger partial charge on any atom is -0.466 e. The fourth-order valence-corrected chi connectivity index (χ4v) is 1.78. The lowest BCUT2D eigenvalue weighted by Crippen LogP contribution is -2.09. The number of unbranched alkanes of at least 4 members (excludes halogenated alkanes) is 1. The van der Waals surface area contributed by atoms with Crippen LogP contribution in [0.25, 0.3) is 6.08 Å². The summed E-state index contributed by atoms with van der Waals surface area (Å²) in [6.45, 7) is 14.3. The van der Waals surface area contributed by atoms with Crippen LogP contribution in [0.5, 0.6) is 0 Å². The summed E-state index contributed by atoms with van der Waals surface area (Å²) in [6, 6.07) is 9.79. The second-order valence-electron chi connectivity index (χ2n) is 6.48. The van der Waals surface area contributed by atoms with Crippen molar-refractivity contribution in [2.45, 2.75) is 33.1 Å². The van der Waals surface area contributed by atoms with Crippen molar-refractivity contribution in [1.82, 2.24) is 0 Å². The molecule has 33 heavy (non-hydrogen) atoms. The number of ether oxygens (including phenoxy) is 3. The molecule has 0 saturated carbocycles. The van der Waals surface area contributed by atoms with E-state index in [1.54, 1.807) is 6.92 Å². The van der Waals surface area contributed by atoms with Gasteiger partial charge in [0.05, 0.1) is 20.3 Å². The van der Waals surface area contributed by atoms with Gasteiger partial charge in [-0.05, 0) is 25.3 Å². The van der Waals surface area contributed by atoms with Crippen molar-refractivity contribution in [3.8, 4) is 0 Å². The van der Waals surface area contributed by atoms with Gasteiger partial charge in [0, 0.05) is 17.2 Å². The highest BCUT2D eigenvalue weighted by atomic mass is 16.5. The predicted molar refractivity (Wildman–Crippen MR) is 130 cm³/mol. The number of carbonyl (C=O) groups is 3. The molecule has 7 nitrogen and oxygen atoms in total. The average Bonchev–Trinajstić information content (AvgIpc) is 2.83. The number of carbonyl (C=O) groups excluding carboxylic acids is 3. The zero-order valence-corrected chi connectivity index (χ0v) is 19.9. The van der Waals surface area contributed by atoms with Crippen molar-refractivity contribution < 1.29 is 33.7 Å². The first-order chi connectivity index (χ1) is 15.7. The Bertz CT molecular complexity index is 764. The third-order valence-electron chi connectivity index (χ3n) is 3.53. The van der Waals surface area contributed by atoms with E-state index >= 15 is 0 Å². The van der Waals surface area contributed by atoms with Crippen molar-refractivity contribution >= 4 is 24.0 Å². The second kappa shape index (κ2) is 21.8. The van der Waals surface area contributed by atoms with E-state index in [2.05, 4.69) is 29.2 Å². The van der Waals surface area contributed by atoms with Crippen LogP contribution in [0.15, 0.2) is 73.4 Å². The third kappa shape index (κ3) is 20.2. The maximum absolute atomic E-state index is 11.3. The highest BCUT2D eigenvalue weighted by Gasteiger charge is 2.05. The summed E-state index contributed by atoms with van der Waals surface area (Å²) in [5.41, 5.74) is 1.89. The molecule has 0 radical (unpaired) electrons. The standard InChI is InChI=1S/C14H16O3.C7H12O2.C5H8O2/c1-12(14(16)17-11-10-15)6-5-9-13-7-3-2-4-8-13;1-3-5-6-9-7(8)4-2;1-4(2)5(6)7-3/h2-5,7-9,15H,1,6,10-11H2;4H,2-3,5-6H2,1H3;1H2,2-3H3. The minimum absolute atomic E-state index is 0.0141. The molecule has 1 aromatic rings.